The Hall–Kier alpha value is -1.98. The predicted octanol–water partition coefficient (Wildman–Crippen LogP) is 3.96. The third-order valence-electron chi connectivity index (χ3n) is 2.18. The second-order valence-corrected chi connectivity index (χ2v) is 3.67. The summed E-state index contributed by atoms with van der Waals surface area (Å²) in [4.78, 5) is 0. The van der Waals surface area contributed by atoms with Crippen molar-refractivity contribution in [3.05, 3.63) is 59.1 Å². The Kier molecular flexibility index (Phi) is 3.09. The lowest BCUT2D eigenvalue weighted by Crippen LogP contribution is -1.93. The van der Waals surface area contributed by atoms with Crippen LogP contribution in [0.15, 0.2) is 48.5 Å². The van der Waals surface area contributed by atoms with Gasteiger partial charge in [-0.05, 0) is 24.3 Å². The van der Waals surface area contributed by atoms with E-state index < -0.39 is 0 Å². The normalized spacial score (nSPS) is 9.50. The van der Waals surface area contributed by atoms with Crippen LogP contribution in [0.5, 0.6) is 0 Å². The van der Waals surface area contributed by atoms with Crippen LogP contribution >= 0.6 is 11.6 Å². The van der Waals surface area contributed by atoms with Crippen molar-refractivity contribution in [2.75, 3.05) is 5.32 Å². The van der Waals surface area contributed by atoms with Crippen LogP contribution in [-0.2, 0) is 0 Å². The van der Waals surface area contributed by atoms with Crippen LogP contribution in [0.4, 0.5) is 11.4 Å². The van der Waals surface area contributed by atoms with Crippen LogP contribution in [-0.4, -0.2) is 0 Å². The third kappa shape index (κ3) is 2.16. The summed E-state index contributed by atoms with van der Waals surface area (Å²) in [5.41, 5.74) is 2.12. The van der Waals surface area contributed by atoms with Gasteiger partial charge in [0.1, 0.15) is 6.07 Å². The minimum Gasteiger partial charge on any atom is -0.354 e. The van der Waals surface area contributed by atoms with Crippen molar-refractivity contribution in [1.82, 2.24) is 0 Å². The second kappa shape index (κ2) is 4.69. The largest absolute Gasteiger partial charge is 0.354 e. The molecule has 0 radical (unpaired) electrons. The molecule has 0 bridgehead atoms. The van der Waals surface area contributed by atoms with Gasteiger partial charge in [-0.2, -0.15) is 5.26 Å². The van der Waals surface area contributed by atoms with Crippen molar-refractivity contribution in [3.8, 4) is 6.07 Å². The van der Waals surface area contributed by atoms with Gasteiger partial charge in [-0.3, -0.25) is 0 Å². The molecule has 0 saturated heterocycles. The first-order valence-electron chi connectivity index (χ1n) is 4.82. The first kappa shape index (κ1) is 10.5. The molecule has 0 saturated carbocycles. The van der Waals surface area contributed by atoms with E-state index in [4.69, 9.17) is 16.9 Å². The molecule has 16 heavy (non-hydrogen) atoms. The van der Waals surface area contributed by atoms with Crippen molar-refractivity contribution in [2.45, 2.75) is 0 Å². The highest BCUT2D eigenvalue weighted by atomic mass is 35.5. The van der Waals surface area contributed by atoms with Gasteiger partial charge in [-0.25, -0.2) is 0 Å². The minimum absolute atomic E-state index is 0.462. The number of nitrogens with one attached hydrogen (secondary N) is 1. The summed E-state index contributed by atoms with van der Waals surface area (Å²) in [6.45, 7) is 0. The van der Waals surface area contributed by atoms with Gasteiger partial charge in [0.25, 0.3) is 0 Å². The summed E-state index contributed by atoms with van der Waals surface area (Å²) in [7, 11) is 0. The number of hydrogen-bond donors (Lipinski definition) is 1. The fourth-order valence-electron chi connectivity index (χ4n) is 1.42. The lowest BCUT2D eigenvalue weighted by Gasteiger charge is -2.08. The van der Waals surface area contributed by atoms with Crippen LogP contribution in [0, 0.1) is 11.3 Å². The van der Waals surface area contributed by atoms with Crippen LogP contribution in [0.25, 0.3) is 0 Å². The van der Waals surface area contributed by atoms with Gasteiger partial charge >= 0.3 is 0 Å². The van der Waals surface area contributed by atoms with Crippen molar-refractivity contribution in [2.24, 2.45) is 0 Å². The van der Waals surface area contributed by atoms with Crippen molar-refractivity contribution >= 4 is 23.0 Å². The zero-order chi connectivity index (χ0) is 11.4. The summed E-state index contributed by atoms with van der Waals surface area (Å²) in [6, 6.07) is 17.1. The molecule has 0 fully saturated rings. The molecule has 0 aliphatic rings. The lowest BCUT2D eigenvalue weighted by molar-refractivity contribution is 1.46. The highest BCUT2D eigenvalue weighted by Gasteiger charge is 2.05. The minimum atomic E-state index is 0.462. The second-order valence-electron chi connectivity index (χ2n) is 3.27. The average Bonchev–Trinajstić information content (AvgIpc) is 2.31. The molecule has 0 unspecified atom stereocenters. The number of halogens is 1. The number of hydrogen-bond acceptors (Lipinski definition) is 2. The van der Waals surface area contributed by atoms with Crippen molar-refractivity contribution < 1.29 is 0 Å². The van der Waals surface area contributed by atoms with E-state index in [9.17, 15) is 0 Å². The van der Waals surface area contributed by atoms with E-state index in [1.165, 1.54) is 0 Å². The van der Waals surface area contributed by atoms with Gasteiger partial charge in [0.15, 0.2) is 0 Å². The molecule has 0 spiro atoms. The maximum Gasteiger partial charge on any atom is 0.103 e. The van der Waals surface area contributed by atoms with E-state index in [-0.39, 0.29) is 0 Å². The van der Waals surface area contributed by atoms with Crippen molar-refractivity contribution in [1.29, 1.82) is 5.26 Å². The lowest BCUT2D eigenvalue weighted by atomic mass is 10.2. The maximum atomic E-state index is 9.00. The van der Waals surface area contributed by atoms with E-state index >= 15 is 0 Å². The fraction of sp³-hybridized carbons (Fsp3) is 0. The number of nitrogens with zero attached hydrogens (tertiary/aromatic N) is 1. The SMILES string of the molecule is N#Cc1c(Cl)cccc1Nc1ccccc1. The molecule has 0 aromatic heterocycles. The van der Waals surface area contributed by atoms with Gasteiger partial charge in [0.05, 0.1) is 16.3 Å². The van der Waals surface area contributed by atoms with Gasteiger partial charge in [0.2, 0.25) is 0 Å². The molecule has 3 heteroatoms. The van der Waals surface area contributed by atoms with Crippen LogP contribution < -0.4 is 5.32 Å². The van der Waals surface area contributed by atoms with Crippen LogP contribution in [0.2, 0.25) is 5.02 Å². The quantitative estimate of drug-likeness (QED) is 0.845. The molecule has 2 aromatic rings. The Labute approximate surface area is 99.1 Å². The zero-order valence-electron chi connectivity index (χ0n) is 8.44. The molecule has 2 nitrogen and oxygen atoms in total. The summed E-state index contributed by atoms with van der Waals surface area (Å²) < 4.78 is 0. The molecular weight excluding hydrogens is 220 g/mol. The monoisotopic (exact) mass is 228 g/mol. The molecule has 1 N–H and O–H groups in total. The zero-order valence-corrected chi connectivity index (χ0v) is 9.20. The summed E-state index contributed by atoms with van der Waals surface area (Å²) in [6.07, 6.45) is 0. The molecule has 0 aliphatic heterocycles. The first-order chi connectivity index (χ1) is 7.81. The van der Waals surface area contributed by atoms with E-state index in [2.05, 4.69) is 11.4 Å². The van der Waals surface area contributed by atoms with Gasteiger partial charge in [-0.15, -0.1) is 0 Å². The number of benzene rings is 2. The smallest absolute Gasteiger partial charge is 0.103 e. The summed E-state index contributed by atoms with van der Waals surface area (Å²) >= 11 is 5.93. The molecule has 0 amide bonds. The van der Waals surface area contributed by atoms with Gasteiger partial charge in [-0.1, -0.05) is 35.9 Å². The van der Waals surface area contributed by atoms with Gasteiger partial charge < -0.3 is 5.32 Å². The van der Waals surface area contributed by atoms with E-state index in [0.717, 1.165) is 11.4 Å². The van der Waals surface area contributed by atoms with E-state index in [1.807, 2.05) is 42.5 Å². The molecule has 2 rings (SSSR count). The average molecular weight is 229 g/mol. The molecule has 0 heterocycles. The number of para-hydroxylation sites is 1. The Morgan fingerprint density at radius 2 is 1.75 bits per heavy atom. The first-order valence-corrected chi connectivity index (χ1v) is 5.20. The Balaban J connectivity index is 2.36. The Morgan fingerprint density at radius 1 is 1.00 bits per heavy atom. The molecule has 0 atom stereocenters. The van der Waals surface area contributed by atoms with Gasteiger partial charge in [0, 0.05) is 5.69 Å². The number of nitriles is 1. The summed E-state index contributed by atoms with van der Waals surface area (Å²) in [5, 5.41) is 12.6. The highest BCUT2D eigenvalue weighted by molar-refractivity contribution is 6.32. The maximum absolute atomic E-state index is 9.00. The Morgan fingerprint density at radius 3 is 2.44 bits per heavy atom. The number of rotatable bonds is 2. The summed E-state index contributed by atoms with van der Waals surface area (Å²) in [5.74, 6) is 0. The number of anilines is 2. The highest BCUT2D eigenvalue weighted by Crippen LogP contribution is 2.26. The molecular formula is C13H9ClN2. The Bertz CT molecular complexity index is 529. The standard InChI is InChI=1S/C13H9ClN2/c14-12-7-4-8-13(11(12)9-15)16-10-5-2-1-3-6-10/h1-8,16H. The predicted molar refractivity (Wildman–Crippen MR) is 65.9 cm³/mol. The van der Waals surface area contributed by atoms with Crippen LogP contribution in [0.3, 0.4) is 0 Å². The molecule has 78 valence electrons. The van der Waals surface area contributed by atoms with Crippen molar-refractivity contribution in [3.63, 3.8) is 0 Å². The topological polar surface area (TPSA) is 35.8 Å². The van der Waals surface area contributed by atoms with E-state index in [0.29, 0.717) is 10.6 Å². The molecule has 2 aromatic carbocycles. The van der Waals surface area contributed by atoms with Crippen LogP contribution in [0.1, 0.15) is 5.56 Å². The van der Waals surface area contributed by atoms with E-state index in [1.54, 1.807) is 6.07 Å². The third-order valence-corrected chi connectivity index (χ3v) is 2.49. The fourth-order valence-corrected chi connectivity index (χ4v) is 1.64. The molecule has 0 aliphatic carbocycles.